The van der Waals surface area contributed by atoms with Crippen molar-refractivity contribution in [3.8, 4) is 5.75 Å². The number of piperidine rings is 1. The third-order valence-corrected chi connectivity index (χ3v) is 3.86. The highest BCUT2D eigenvalue weighted by Crippen LogP contribution is 2.24. The van der Waals surface area contributed by atoms with E-state index in [1.165, 1.54) is 0 Å². The summed E-state index contributed by atoms with van der Waals surface area (Å²) in [7, 11) is 0. The number of esters is 1. The molecule has 0 spiro atoms. The van der Waals surface area contributed by atoms with Crippen LogP contribution in [0.2, 0.25) is 0 Å². The smallest absolute Gasteiger partial charge is 0.310 e. The van der Waals surface area contributed by atoms with Gasteiger partial charge in [0.2, 0.25) is 0 Å². The molecule has 0 saturated carbocycles. The molecule has 1 saturated heterocycles. The number of carbonyl (C=O) groups is 2. The van der Waals surface area contributed by atoms with Crippen LogP contribution in [0.5, 0.6) is 5.75 Å². The van der Waals surface area contributed by atoms with E-state index in [0.717, 1.165) is 12.8 Å². The zero-order chi connectivity index (χ0) is 15.4. The number of carbonyl (C=O) groups excluding carboxylic acids is 2. The second-order valence-electron chi connectivity index (χ2n) is 5.29. The molecule has 114 valence electrons. The van der Waals surface area contributed by atoms with Crippen LogP contribution in [0.25, 0.3) is 0 Å². The summed E-state index contributed by atoms with van der Waals surface area (Å²) in [6, 6.07) is 4.91. The van der Waals surface area contributed by atoms with Gasteiger partial charge in [-0.2, -0.15) is 0 Å². The Bertz CT molecular complexity index is 541. The minimum atomic E-state index is -0.250. The van der Waals surface area contributed by atoms with Crippen LogP contribution < -0.4 is 0 Å². The van der Waals surface area contributed by atoms with Gasteiger partial charge in [0.15, 0.2) is 0 Å². The maximum atomic E-state index is 12.6. The zero-order valence-electron chi connectivity index (χ0n) is 12.5. The van der Waals surface area contributed by atoms with Crippen LogP contribution in [0.3, 0.4) is 0 Å². The van der Waals surface area contributed by atoms with Crippen LogP contribution in [0, 0.1) is 12.8 Å². The first-order valence-corrected chi connectivity index (χ1v) is 7.29. The number of nitrogens with zero attached hydrogens (tertiary/aromatic N) is 1. The molecule has 1 heterocycles. The van der Waals surface area contributed by atoms with Gasteiger partial charge in [-0.25, -0.2) is 0 Å². The van der Waals surface area contributed by atoms with Crippen molar-refractivity contribution in [2.75, 3.05) is 19.7 Å². The Kier molecular flexibility index (Phi) is 4.83. The van der Waals surface area contributed by atoms with Crippen molar-refractivity contribution in [1.82, 2.24) is 4.90 Å². The third-order valence-electron chi connectivity index (χ3n) is 3.86. The average Bonchev–Trinajstić information content (AvgIpc) is 2.50. The van der Waals surface area contributed by atoms with Crippen LogP contribution in [0.1, 0.15) is 35.7 Å². The molecule has 0 bridgehead atoms. The molecular weight excluding hydrogens is 270 g/mol. The average molecular weight is 291 g/mol. The molecule has 1 atom stereocenters. The predicted octanol–water partition coefficient (Wildman–Crippen LogP) is 2.12. The van der Waals surface area contributed by atoms with E-state index in [-0.39, 0.29) is 23.5 Å². The molecule has 1 aromatic carbocycles. The summed E-state index contributed by atoms with van der Waals surface area (Å²) in [5, 5.41) is 9.71. The van der Waals surface area contributed by atoms with Crippen molar-refractivity contribution < 1.29 is 19.4 Å². The zero-order valence-corrected chi connectivity index (χ0v) is 12.5. The maximum absolute atomic E-state index is 12.6. The summed E-state index contributed by atoms with van der Waals surface area (Å²) in [6.07, 6.45) is 1.54. The number of aromatic hydroxyl groups is 1. The fourth-order valence-corrected chi connectivity index (χ4v) is 2.64. The Morgan fingerprint density at radius 2 is 2.19 bits per heavy atom. The topological polar surface area (TPSA) is 66.8 Å². The Balaban J connectivity index is 2.12. The number of ether oxygens (including phenoxy) is 1. The van der Waals surface area contributed by atoms with Gasteiger partial charge in [-0.1, -0.05) is 6.07 Å². The highest BCUT2D eigenvalue weighted by Gasteiger charge is 2.30. The van der Waals surface area contributed by atoms with Crippen LogP contribution in [0.4, 0.5) is 0 Å². The molecule has 5 heteroatoms. The van der Waals surface area contributed by atoms with Gasteiger partial charge in [0.1, 0.15) is 5.75 Å². The Morgan fingerprint density at radius 3 is 2.90 bits per heavy atom. The van der Waals surface area contributed by atoms with E-state index < -0.39 is 0 Å². The predicted molar refractivity (Wildman–Crippen MR) is 78.1 cm³/mol. The van der Waals surface area contributed by atoms with Crippen molar-refractivity contribution in [3.05, 3.63) is 29.3 Å². The summed E-state index contributed by atoms with van der Waals surface area (Å²) >= 11 is 0. The first-order chi connectivity index (χ1) is 10.0. The molecule has 1 N–H and O–H groups in total. The Morgan fingerprint density at radius 1 is 1.43 bits per heavy atom. The summed E-state index contributed by atoms with van der Waals surface area (Å²) in [5.41, 5.74) is 1.06. The lowest BCUT2D eigenvalue weighted by Crippen LogP contribution is -2.43. The Labute approximate surface area is 124 Å². The number of likely N-dealkylation sites (tertiary alicyclic amines) is 1. The lowest BCUT2D eigenvalue weighted by Gasteiger charge is -2.32. The summed E-state index contributed by atoms with van der Waals surface area (Å²) in [5.74, 6) is -0.514. The van der Waals surface area contributed by atoms with E-state index >= 15 is 0 Å². The molecule has 21 heavy (non-hydrogen) atoms. The second kappa shape index (κ2) is 6.61. The molecular formula is C16H21NO4. The number of phenolic OH excluding ortho intramolecular Hbond substituents is 1. The molecule has 2 rings (SSSR count). The van der Waals surface area contributed by atoms with Crippen molar-refractivity contribution >= 4 is 11.9 Å². The normalized spacial score (nSPS) is 18.4. The van der Waals surface area contributed by atoms with Crippen molar-refractivity contribution in [1.29, 1.82) is 0 Å². The molecule has 1 amide bonds. The second-order valence-corrected chi connectivity index (χ2v) is 5.29. The van der Waals surface area contributed by atoms with Crippen LogP contribution in [-0.2, 0) is 9.53 Å². The van der Waals surface area contributed by atoms with Gasteiger partial charge in [0, 0.05) is 24.2 Å². The largest absolute Gasteiger partial charge is 0.508 e. The summed E-state index contributed by atoms with van der Waals surface area (Å²) in [6.45, 7) is 4.86. The third kappa shape index (κ3) is 3.35. The molecule has 1 fully saturated rings. The van der Waals surface area contributed by atoms with Gasteiger partial charge < -0.3 is 14.7 Å². The van der Waals surface area contributed by atoms with E-state index in [1.54, 1.807) is 36.9 Å². The van der Waals surface area contributed by atoms with E-state index in [0.29, 0.717) is 30.8 Å². The molecule has 0 radical (unpaired) electrons. The number of hydrogen-bond acceptors (Lipinski definition) is 4. The van der Waals surface area contributed by atoms with Crippen molar-refractivity contribution in [3.63, 3.8) is 0 Å². The van der Waals surface area contributed by atoms with Crippen molar-refractivity contribution in [2.45, 2.75) is 26.7 Å². The fraction of sp³-hybridized carbons (Fsp3) is 0.500. The molecule has 5 nitrogen and oxygen atoms in total. The Hall–Kier alpha value is -2.04. The lowest BCUT2D eigenvalue weighted by molar-refractivity contribution is -0.149. The monoisotopic (exact) mass is 291 g/mol. The van der Waals surface area contributed by atoms with E-state index in [2.05, 4.69) is 0 Å². The van der Waals surface area contributed by atoms with Crippen LogP contribution in [-0.4, -0.2) is 41.6 Å². The van der Waals surface area contributed by atoms with E-state index in [9.17, 15) is 14.7 Å². The number of benzene rings is 1. The highest BCUT2D eigenvalue weighted by molar-refractivity contribution is 5.96. The summed E-state index contributed by atoms with van der Waals surface area (Å²) < 4.78 is 5.04. The fourth-order valence-electron chi connectivity index (χ4n) is 2.64. The molecule has 1 aromatic rings. The maximum Gasteiger partial charge on any atom is 0.310 e. The number of amides is 1. The quantitative estimate of drug-likeness (QED) is 0.866. The molecule has 1 aliphatic heterocycles. The van der Waals surface area contributed by atoms with Gasteiger partial charge in [-0.3, -0.25) is 9.59 Å². The molecule has 0 unspecified atom stereocenters. The number of rotatable bonds is 3. The number of phenols is 1. The van der Waals surface area contributed by atoms with Gasteiger partial charge in [0.25, 0.3) is 5.91 Å². The molecule has 1 aliphatic rings. The highest BCUT2D eigenvalue weighted by atomic mass is 16.5. The first kappa shape index (κ1) is 15.4. The van der Waals surface area contributed by atoms with Gasteiger partial charge in [-0.05, 0) is 38.8 Å². The van der Waals surface area contributed by atoms with E-state index in [4.69, 9.17) is 4.74 Å². The van der Waals surface area contributed by atoms with E-state index in [1.807, 2.05) is 0 Å². The van der Waals surface area contributed by atoms with Gasteiger partial charge in [0.05, 0.1) is 12.5 Å². The minimum Gasteiger partial charge on any atom is -0.508 e. The lowest BCUT2D eigenvalue weighted by atomic mass is 9.97. The summed E-state index contributed by atoms with van der Waals surface area (Å²) in [4.78, 5) is 26.1. The van der Waals surface area contributed by atoms with Crippen LogP contribution in [0.15, 0.2) is 18.2 Å². The molecule has 0 aliphatic carbocycles. The standard InChI is InChI=1S/C16H21NO4/c1-3-21-16(20)12-6-5-9-17(10-12)15(19)13-7-4-8-14(18)11(13)2/h4,7-8,12,18H,3,5-6,9-10H2,1-2H3/t12-/m1/s1. The van der Waals surface area contributed by atoms with Gasteiger partial charge >= 0.3 is 5.97 Å². The SMILES string of the molecule is CCOC(=O)[C@@H]1CCCN(C(=O)c2cccc(O)c2C)C1. The van der Waals surface area contributed by atoms with Crippen LogP contribution >= 0.6 is 0 Å². The van der Waals surface area contributed by atoms with Gasteiger partial charge in [-0.15, -0.1) is 0 Å². The first-order valence-electron chi connectivity index (χ1n) is 7.29. The van der Waals surface area contributed by atoms with Crippen molar-refractivity contribution in [2.24, 2.45) is 5.92 Å². The number of hydrogen-bond donors (Lipinski definition) is 1. The molecule has 0 aromatic heterocycles. The minimum absolute atomic E-state index is 0.111.